The number of ether oxygens (including phenoxy) is 1. The summed E-state index contributed by atoms with van der Waals surface area (Å²) in [6.07, 6.45) is 8.05. The molecule has 3 aromatic heterocycles. The summed E-state index contributed by atoms with van der Waals surface area (Å²) in [7, 11) is 1.66. The lowest BCUT2D eigenvalue weighted by Gasteiger charge is -2.10. The van der Waals surface area contributed by atoms with Crippen LogP contribution < -0.4 is 5.32 Å². The number of hydrogen-bond donors (Lipinski definition) is 1. The number of aromatic nitrogens is 4. The van der Waals surface area contributed by atoms with Crippen LogP contribution in [-0.2, 0) is 17.0 Å². The number of nitrogens with zero attached hydrogens (tertiary/aromatic N) is 4. The van der Waals surface area contributed by atoms with Crippen molar-refractivity contribution >= 4 is 28.7 Å². The van der Waals surface area contributed by atoms with Gasteiger partial charge in [0.15, 0.2) is 5.16 Å². The van der Waals surface area contributed by atoms with Crippen molar-refractivity contribution < 1.29 is 9.53 Å². The van der Waals surface area contributed by atoms with Gasteiger partial charge in [0.2, 0.25) is 0 Å². The van der Waals surface area contributed by atoms with E-state index in [1.54, 1.807) is 31.3 Å². The maximum Gasteiger partial charge on any atom is 0.251 e. The highest BCUT2D eigenvalue weighted by molar-refractivity contribution is 7.98. The Morgan fingerprint density at radius 3 is 2.69 bits per heavy atom. The van der Waals surface area contributed by atoms with Crippen molar-refractivity contribution in [3.63, 3.8) is 0 Å². The smallest absolute Gasteiger partial charge is 0.251 e. The Hall–Kier alpha value is -3.23. The molecule has 0 bridgehead atoms. The minimum atomic E-state index is -0.0716. The van der Waals surface area contributed by atoms with Gasteiger partial charge in [-0.3, -0.25) is 14.8 Å². The Labute approximate surface area is 191 Å². The maximum absolute atomic E-state index is 12.3. The van der Waals surface area contributed by atoms with E-state index in [0.29, 0.717) is 25.3 Å². The molecule has 7 nitrogen and oxygen atoms in total. The van der Waals surface area contributed by atoms with E-state index in [-0.39, 0.29) is 5.91 Å². The average molecular weight is 448 g/mol. The van der Waals surface area contributed by atoms with Gasteiger partial charge in [-0.15, -0.1) is 0 Å². The van der Waals surface area contributed by atoms with Gasteiger partial charge in [0.25, 0.3) is 5.91 Å². The molecule has 164 valence electrons. The van der Waals surface area contributed by atoms with Crippen molar-refractivity contribution in [1.29, 1.82) is 0 Å². The zero-order valence-corrected chi connectivity index (χ0v) is 18.7. The molecular formula is C24H25N5O2S. The van der Waals surface area contributed by atoms with Gasteiger partial charge >= 0.3 is 0 Å². The molecule has 0 aliphatic rings. The van der Waals surface area contributed by atoms with Gasteiger partial charge in [0.1, 0.15) is 0 Å². The summed E-state index contributed by atoms with van der Waals surface area (Å²) < 4.78 is 7.18. The van der Waals surface area contributed by atoms with Crippen LogP contribution in [0.15, 0.2) is 72.4 Å². The van der Waals surface area contributed by atoms with Crippen molar-refractivity contribution in [1.82, 2.24) is 24.8 Å². The fraction of sp³-hybridized carbons (Fsp3) is 0.250. The monoisotopic (exact) mass is 447 g/mol. The van der Waals surface area contributed by atoms with Crippen molar-refractivity contribution in [3.8, 4) is 0 Å². The quantitative estimate of drug-likeness (QED) is 0.293. The minimum Gasteiger partial charge on any atom is -0.385 e. The molecule has 0 aliphatic heterocycles. The molecule has 0 fully saturated rings. The number of rotatable bonds is 10. The Balaban J connectivity index is 1.48. The molecular weight excluding hydrogens is 422 g/mol. The van der Waals surface area contributed by atoms with Gasteiger partial charge in [-0.25, -0.2) is 4.98 Å². The lowest BCUT2D eigenvalue weighted by Crippen LogP contribution is -2.25. The molecule has 32 heavy (non-hydrogen) atoms. The second-order valence-corrected chi connectivity index (χ2v) is 8.24. The van der Waals surface area contributed by atoms with Gasteiger partial charge < -0.3 is 14.6 Å². The zero-order chi connectivity index (χ0) is 22.2. The van der Waals surface area contributed by atoms with Gasteiger partial charge in [-0.05, 0) is 41.8 Å². The van der Waals surface area contributed by atoms with Crippen LogP contribution in [0.5, 0.6) is 0 Å². The third-order valence-electron chi connectivity index (χ3n) is 4.97. The summed E-state index contributed by atoms with van der Waals surface area (Å²) in [6, 6.07) is 13.6. The van der Waals surface area contributed by atoms with Crippen molar-refractivity contribution in [3.05, 3.63) is 83.9 Å². The lowest BCUT2D eigenvalue weighted by atomic mass is 10.1. The predicted octanol–water partition coefficient (Wildman–Crippen LogP) is 3.93. The van der Waals surface area contributed by atoms with E-state index in [2.05, 4.69) is 25.9 Å². The van der Waals surface area contributed by atoms with Crippen molar-refractivity contribution in [2.45, 2.75) is 23.9 Å². The zero-order valence-electron chi connectivity index (χ0n) is 17.9. The van der Waals surface area contributed by atoms with E-state index in [1.165, 1.54) is 0 Å². The molecule has 0 radical (unpaired) electrons. The largest absolute Gasteiger partial charge is 0.385 e. The third-order valence-corrected chi connectivity index (χ3v) is 6.02. The number of carbonyl (C=O) groups excluding carboxylic acids is 1. The molecule has 4 rings (SSSR count). The minimum absolute atomic E-state index is 0.0716. The van der Waals surface area contributed by atoms with Gasteiger partial charge in [0, 0.05) is 50.2 Å². The Morgan fingerprint density at radius 1 is 1.06 bits per heavy atom. The Morgan fingerprint density at radius 2 is 1.91 bits per heavy atom. The van der Waals surface area contributed by atoms with E-state index in [4.69, 9.17) is 9.72 Å². The molecule has 1 N–H and O–H groups in total. The van der Waals surface area contributed by atoms with Crippen LogP contribution in [0.4, 0.5) is 0 Å². The molecule has 0 saturated carbocycles. The van der Waals surface area contributed by atoms with Crippen LogP contribution in [-0.4, -0.2) is 45.7 Å². The first-order chi connectivity index (χ1) is 15.7. The van der Waals surface area contributed by atoms with E-state index in [1.807, 2.05) is 48.8 Å². The molecule has 0 unspecified atom stereocenters. The molecule has 0 spiro atoms. The molecule has 8 heteroatoms. The first kappa shape index (κ1) is 22.0. The number of fused-ring (bicyclic) bond motifs is 1. The Kier molecular flexibility index (Phi) is 7.47. The summed E-state index contributed by atoms with van der Waals surface area (Å²) in [5.74, 6) is 0.713. The highest BCUT2D eigenvalue weighted by Gasteiger charge is 2.13. The van der Waals surface area contributed by atoms with E-state index in [9.17, 15) is 4.79 Å². The van der Waals surface area contributed by atoms with E-state index >= 15 is 0 Å². The SMILES string of the molecule is COCCCNC(=O)c1ccc(Cn2c(SCc3cccnc3)nc3ccncc32)cc1. The lowest BCUT2D eigenvalue weighted by molar-refractivity contribution is 0.0948. The number of nitrogens with one attached hydrogen (secondary N) is 1. The van der Waals surface area contributed by atoms with E-state index < -0.39 is 0 Å². The summed E-state index contributed by atoms with van der Waals surface area (Å²) in [4.78, 5) is 25.6. The number of benzene rings is 1. The first-order valence-electron chi connectivity index (χ1n) is 10.4. The number of hydrogen-bond acceptors (Lipinski definition) is 6. The average Bonchev–Trinajstić information content (AvgIpc) is 3.19. The predicted molar refractivity (Wildman–Crippen MR) is 126 cm³/mol. The number of carbonyl (C=O) groups is 1. The second kappa shape index (κ2) is 10.9. The van der Waals surface area contributed by atoms with Gasteiger partial charge in [-0.2, -0.15) is 0 Å². The number of amides is 1. The number of imidazole rings is 1. The normalized spacial score (nSPS) is 11.0. The standard InChI is InChI=1S/C24H25N5O2S/c1-31-13-3-11-27-23(30)20-7-5-18(6-8-20)16-29-22-15-26-12-9-21(22)28-24(29)32-17-19-4-2-10-25-14-19/h2,4-10,12,14-15H,3,11,13,16-17H2,1H3,(H,27,30). The number of thioether (sulfide) groups is 1. The molecule has 0 saturated heterocycles. The van der Waals surface area contributed by atoms with Crippen LogP contribution in [0.1, 0.15) is 27.9 Å². The van der Waals surface area contributed by atoms with Crippen LogP contribution in [0.2, 0.25) is 0 Å². The molecule has 0 atom stereocenters. The van der Waals surface area contributed by atoms with Gasteiger partial charge in [-0.1, -0.05) is 30.0 Å². The molecule has 1 amide bonds. The number of methoxy groups -OCH3 is 1. The summed E-state index contributed by atoms with van der Waals surface area (Å²) >= 11 is 1.68. The van der Waals surface area contributed by atoms with Crippen LogP contribution >= 0.6 is 11.8 Å². The van der Waals surface area contributed by atoms with E-state index in [0.717, 1.165) is 39.5 Å². The van der Waals surface area contributed by atoms with Crippen LogP contribution in [0.3, 0.4) is 0 Å². The van der Waals surface area contributed by atoms with Crippen molar-refractivity contribution in [2.75, 3.05) is 20.3 Å². The first-order valence-corrected chi connectivity index (χ1v) is 11.4. The topological polar surface area (TPSA) is 81.9 Å². The Bertz CT molecular complexity index is 1160. The highest BCUT2D eigenvalue weighted by atomic mass is 32.2. The number of pyridine rings is 2. The molecule has 4 aromatic rings. The fourth-order valence-corrected chi connectivity index (χ4v) is 4.25. The highest BCUT2D eigenvalue weighted by Crippen LogP contribution is 2.27. The van der Waals surface area contributed by atoms with Gasteiger partial charge in [0.05, 0.1) is 23.8 Å². The maximum atomic E-state index is 12.3. The van der Waals surface area contributed by atoms with Crippen LogP contribution in [0.25, 0.3) is 11.0 Å². The van der Waals surface area contributed by atoms with Crippen molar-refractivity contribution in [2.24, 2.45) is 0 Å². The molecule has 3 heterocycles. The second-order valence-electron chi connectivity index (χ2n) is 7.29. The third kappa shape index (κ3) is 5.52. The molecule has 1 aromatic carbocycles. The summed E-state index contributed by atoms with van der Waals surface area (Å²) in [6.45, 7) is 1.88. The van der Waals surface area contributed by atoms with Crippen LogP contribution in [0, 0.1) is 0 Å². The molecule has 0 aliphatic carbocycles. The summed E-state index contributed by atoms with van der Waals surface area (Å²) in [5.41, 5.74) is 4.79. The summed E-state index contributed by atoms with van der Waals surface area (Å²) in [5, 5.41) is 3.84. The fourth-order valence-electron chi connectivity index (χ4n) is 3.31.